The lowest BCUT2D eigenvalue weighted by molar-refractivity contribution is -0.385. The lowest BCUT2D eigenvalue weighted by Gasteiger charge is -2.09. The Kier molecular flexibility index (Phi) is 5.52. The summed E-state index contributed by atoms with van der Waals surface area (Å²) in [5, 5.41) is 13.5. The molecule has 0 atom stereocenters. The third kappa shape index (κ3) is 4.42. The number of para-hydroxylation sites is 1. The van der Waals surface area contributed by atoms with Gasteiger partial charge in [-0.05, 0) is 36.4 Å². The van der Waals surface area contributed by atoms with Gasteiger partial charge in [0.15, 0.2) is 0 Å². The number of hydrogen-bond acceptors (Lipinski definition) is 6. The van der Waals surface area contributed by atoms with Crippen molar-refractivity contribution in [3.05, 3.63) is 88.4 Å². The molecule has 1 aromatic heterocycles. The summed E-state index contributed by atoms with van der Waals surface area (Å²) < 4.78 is 32.3. The minimum atomic E-state index is -3.85. The number of amides is 1. The summed E-state index contributed by atoms with van der Waals surface area (Å²) in [5.41, 5.74) is -0.287. The number of furan rings is 1. The minimum absolute atomic E-state index is 0.0257. The van der Waals surface area contributed by atoms with Crippen molar-refractivity contribution in [2.75, 3.05) is 5.32 Å². The molecule has 28 heavy (non-hydrogen) atoms. The first-order valence-corrected chi connectivity index (χ1v) is 9.52. The zero-order valence-electron chi connectivity index (χ0n) is 14.4. The van der Waals surface area contributed by atoms with E-state index in [1.165, 1.54) is 54.8 Å². The molecule has 2 N–H and O–H groups in total. The van der Waals surface area contributed by atoms with E-state index < -0.39 is 20.9 Å². The van der Waals surface area contributed by atoms with E-state index in [0.29, 0.717) is 5.76 Å². The third-order valence-electron chi connectivity index (χ3n) is 3.76. The maximum atomic E-state index is 12.4. The van der Waals surface area contributed by atoms with E-state index >= 15 is 0 Å². The molecule has 3 aromatic rings. The fourth-order valence-corrected chi connectivity index (χ4v) is 3.47. The van der Waals surface area contributed by atoms with Gasteiger partial charge in [0.1, 0.15) is 11.3 Å². The number of hydrogen-bond donors (Lipinski definition) is 2. The van der Waals surface area contributed by atoms with Crippen LogP contribution in [0.15, 0.2) is 76.2 Å². The Bertz CT molecular complexity index is 1110. The molecule has 0 fully saturated rings. The van der Waals surface area contributed by atoms with Crippen LogP contribution in [0.2, 0.25) is 0 Å². The van der Waals surface area contributed by atoms with E-state index in [0.717, 1.165) is 0 Å². The number of rotatable bonds is 7. The number of carbonyl (C=O) groups excluding carboxylic acids is 1. The Hall–Kier alpha value is -3.50. The van der Waals surface area contributed by atoms with Crippen molar-refractivity contribution in [3.8, 4) is 0 Å². The molecule has 3 rings (SSSR count). The SMILES string of the molecule is O=C(Nc1cccc(S(=O)(=O)NCc2ccco2)c1)c1ccccc1[N+](=O)[O-]. The molecule has 0 aliphatic rings. The number of nitrogens with one attached hydrogen (secondary N) is 2. The predicted octanol–water partition coefficient (Wildman–Crippen LogP) is 2.92. The quantitative estimate of drug-likeness (QED) is 0.462. The summed E-state index contributed by atoms with van der Waals surface area (Å²) in [7, 11) is -3.85. The van der Waals surface area contributed by atoms with Crippen LogP contribution in [0.5, 0.6) is 0 Å². The number of nitro groups is 1. The average Bonchev–Trinajstić information content (AvgIpc) is 3.20. The van der Waals surface area contributed by atoms with Crippen molar-refractivity contribution in [1.29, 1.82) is 0 Å². The molecule has 1 amide bonds. The van der Waals surface area contributed by atoms with Crippen molar-refractivity contribution in [1.82, 2.24) is 4.72 Å². The van der Waals surface area contributed by atoms with Crippen LogP contribution < -0.4 is 10.0 Å². The van der Waals surface area contributed by atoms with Crippen molar-refractivity contribution in [2.24, 2.45) is 0 Å². The van der Waals surface area contributed by atoms with Gasteiger partial charge in [0.2, 0.25) is 10.0 Å². The van der Waals surface area contributed by atoms with Crippen molar-refractivity contribution in [2.45, 2.75) is 11.4 Å². The summed E-state index contributed by atoms with van der Waals surface area (Å²) in [4.78, 5) is 22.7. The highest BCUT2D eigenvalue weighted by atomic mass is 32.2. The average molecular weight is 401 g/mol. The van der Waals surface area contributed by atoms with Crippen LogP contribution in [0.1, 0.15) is 16.1 Å². The van der Waals surface area contributed by atoms with E-state index in [1.54, 1.807) is 12.1 Å². The fourth-order valence-electron chi connectivity index (χ4n) is 2.43. The molecule has 2 aromatic carbocycles. The second kappa shape index (κ2) is 8.03. The van der Waals surface area contributed by atoms with Crippen molar-refractivity contribution >= 4 is 27.3 Å². The highest BCUT2D eigenvalue weighted by Crippen LogP contribution is 2.21. The molecule has 0 radical (unpaired) electrons. The topological polar surface area (TPSA) is 132 Å². The summed E-state index contributed by atoms with van der Waals surface area (Å²) in [6, 6.07) is 14.3. The van der Waals surface area contributed by atoms with Gasteiger partial charge >= 0.3 is 0 Å². The monoisotopic (exact) mass is 401 g/mol. The fraction of sp³-hybridized carbons (Fsp3) is 0.0556. The van der Waals surface area contributed by atoms with Crippen LogP contribution >= 0.6 is 0 Å². The highest BCUT2D eigenvalue weighted by Gasteiger charge is 2.20. The standard InChI is InChI=1S/C18H15N3O6S/c22-18(16-8-1-2-9-17(16)21(23)24)20-13-5-3-7-15(11-13)28(25,26)19-12-14-6-4-10-27-14/h1-11,19H,12H2,(H,20,22). The normalized spacial score (nSPS) is 11.1. The number of benzene rings is 2. The number of nitro benzene ring substituents is 1. The first kappa shape index (κ1) is 19.3. The zero-order chi connectivity index (χ0) is 20.1. The minimum Gasteiger partial charge on any atom is -0.468 e. The van der Waals surface area contributed by atoms with Gasteiger partial charge in [0, 0.05) is 11.8 Å². The zero-order valence-corrected chi connectivity index (χ0v) is 15.2. The van der Waals surface area contributed by atoms with E-state index in [-0.39, 0.29) is 28.4 Å². The molecule has 9 nitrogen and oxygen atoms in total. The molecule has 0 saturated carbocycles. The van der Waals surface area contributed by atoms with Gasteiger partial charge in [-0.15, -0.1) is 0 Å². The highest BCUT2D eigenvalue weighted by molar-refractivity contribution is 7.89. The largest absolute Gasteiger partial charge is 0.468 e. The smallest absolute Gasteiger partial charge is 0.282 e. The first-order valence-electron chi connectivity index (χ1n) is 8.04. The van der Waals surface area contributed by atoms with Crippen LogP contribution in [0.25, 0.3) is 0 Å². The Balaban J connectivity index is 1.78. The first-order chi connectivity index (χ1) is 13.4. The third-order valence-corrected chi connectivity index (χ3v) is 5.16. The van der Waals surface area contributed by atoms with Crippen LogP contribution in [0, 0.1) is 10.1 Å². The maximum absolute atomic E-state index is 12.4. The molecule has 10 heteroatoms. The number of anilines is 1. The van der Waals surface area contributed by atoms with E-state index in [9.17, 15) is 23.3 Å². The number of sulfonamides is 1. The van der Waals surface area contributed by atoms with Crippen LogP contribution in [-0.2, 0) is 16.6 Å². The predicted molar refractivity (Wildman–Crippen MR) is 100 cm³/mol. The van der Waals surface area contributed by atoms with E-state index in [4.69, 9.17) is 4.42 Å². The van der Waals surface area contributed by atoms with Crippen LogP contribution in [0.4, 0.5) is 11.4 Å². The number of carbonyl (C=O) groups is 1. The van der Waals surface area contributed by atoms with Gasteiger partial charge in [0.05, 0.1) is 22.6 Å². The molecular weight excluding hydrogens is 386 g/mol. The molecule has 0 saturated heterocycles. The van der Waals surface area contributed by atoms with Gasteiger partial charge in [-0.3, -0.25) is 14.9 Å². The van der Waals surface area contributed by atoms with Crippen LogP contribution in [-0.4, -0.2) is 19.2 Å². The molecule has 144 valence electrons. The molecule has 1 heterocycles. The van der Waals surface area contributed by atoms with Crippen LogP contribution in [0.3, 0.4) is 0 Å². The molecule has 0 aliphatic carbocycles. The summed E-state index contributed by atoms with van der Waals surface area (Å²) in [5.74, 6) is -0.269. The van der Waals surface area contributed by atoms with Gasteiger partial charge in [-0.25, -0.2) is 13.1 Å². The Morgan fingerprint density at radius 3 is 2.57 bits per heavy atom. The lowest BCUT2D eigenvalue weighted by Crippen LogP contribution is -2.23. The molecular formula is C18H15N3O6S. The maximum Gasteiger partial charge on any atom is 0.282 e. The summed E-state index contributed by atoms with van der Waals surface area (Å²) in [6.45, 7) is -0.0257. The summed E-state index contributed by atoms with van der Waals surface area (Å²) >= 11 is 0. The van der Waals surface area contributed by atoms with E-state index in [2.05, 4.69) is 10.0 Å². The Morgan fingerprint density at radius 2 is 1.86 bits per heavy atom. The lowest BCUT2D eigenvalue weighted by atomic mass is 10.1. The number of nitrogens with zero attached hydrogens (tertiary/aromatic N) is 1. The Morgan fingerprint density at radius 1 is 1.07 bits per heavy atom. The molecule has 0 aliphatic heterocycles. The van der Waals surface area contributed by atoms with Gasteiger partial charge in [-0.2, -0.15) is 0 Å². The van der Waals surface area contributed by atoms with Gasteiger partial charge in [0.25, 0.3) is 11.6 Å². The van der Waals surface area contributed by atoms with Gasteiger partial charge < -0.3 is 9.73 Å². The molecule has 0 bridgehead atoms. The van der Waals surface area contributed by atoms with Gasteiger partial charge in [-0.1, -0.05) is 18.2 Å². The van der Waals surface area contributed by atoms with E-state index in [1.807, 2.05) is 0 Å². The Labute approximate surface area is 160 Å². The second-order valence-corrected chi connectivity index (χ2v) is 7.43. The second-order valence-electron chi connectivity index (χ2n) is 5.66. The molecule has 0 unspecified atom stereocenters. The van der Waals surface area contributed by atoms with Crippen molar-refractivity contribution < 1.29 is 22.6 Å². The summed E-state index contributed by atoms with van der Waals surface area (Å²) in [6.07, 6.45) is 1.43. The molecule has 0 spiro atoms. The van der Waals surface area contributed by atoms with Crippen molar-refractivity contribution in [3.63, 3.8) is 0 Å².